The summed E-state index contributed by atoms with van der Waals surface area (Å²) in [6.07, 6.45) is 0. The van der Waals surface area contributed by atoms with E-state index in [0.717, 1.165) is 22.5 Å². The zero-order valence-electron chi connectivity index (χ0n) is 20.3. The van der Waals surface area contributed by atoms with Crippen molar-refractivity contribution in [2.75, 3.05) is 10.3 Å². The van der Waals surface area contributed by atoms with Crippen LogP contribution < -0.4 is 10.3 Å². The molecule has 0 saturated heterocycles. The van der Waals surface area contributed by atoms with E-state index in [1.54, 1.807) is 12.1 Å². The molecule has 5 aromatic rings. The number of rotatable bonds is 6. The van der Waals surface area contributed by atoms with Gasteiger partial charge in [0.1, 0.15) is 11.4 Å². The molecular formula is C30H22Cl2N4O2. The Labute approximate surface area is 229 Å². The van der Waals surface area contributed by atoms with E-state index in [-0.39, 0.29) is 5.91 Å². The molecule has 0 bridgehead atoms. The van der Waals surface area contributed by atoms with Crippen LogP contribution in [0.5, 0.6) is 0 Å². The Kier molecular flexibility index (Phi) is 6.35. The van der Waals surface area contributed by atoms with Crippen molar-refractivity contribution in [1.82, 2.24) is 4.98 Å². The van der Waals surface area contributed by atoms with E-state index >= 15 is 0 Å². The summed E-state index contributed by atoms with van der Waals surface area (Å²) in [5, 5.41) is 10.8. The molecule has 6 nitrogen and oxygen atoms in total. The van der Waals surface area contributed by atoms with Gasteiger partial charge in [-0.3, -0.25) is 4.79 Å². The Bertz CT molecular complexity index is 1670. The maximum absolute atomic E-state index is 13.7. The summed E-state index contributed by atoms with van der Waals surface area (Å²) in [5.74, 6) is -0.185. The number of nitrogens with zero attached hydrogens (tertiary/aromatic N) is 3. The summed E-state index contributed by atoms with van der Waals surface area (Å²) in [5.41, 5.74) is 5.17. The van der Waals surface area contributed by atoms with Crippen LogP contribution in [0.3, 0.4) is 0 Å². The smallest absolute Gasteiger partial charge is 0.258 e. The first-order valence-corrected chi connectivity index (χ1v) is 12.8. The minimum Gasteiger partial charge on any atom is -0.436 e. The number of aromatic nitrogens is 1. The lowest BCUT2D eigenvalue weighted by molar-refractivity contribution is -0.120. The van der Waals surface area contributed by atoms with Gasteiger partial charge in [0.2, 0.25) is 5.89 Å². The predicted molar refractivity (Wildman–Crippen MR) is 153 cm³/mol. The molecule has 0 radical (unpaired) electrons. The van der Waals surface area contributed by atoms with Crippen LogP contribution >= 0.6 is 23.2 Å². The molecule has 1 N–H and O–H groups in total. The molecule has 2 unspecified atom stereocenters. The molecule has 38 heavy (non-hydrogen) atoms. The third-order valence-corrected chi connectivity index (χ3v) is 7.15. The standard InChI is InChI=1S/C30H22Cl2N4O2/c1-18-27(30(37)36(35-18)22-7-3-2-4-8-22)28(23-9-5-6-10-24(23)32)33-21-15-16-26-25(17-21)34-29(38-26)19-11-13-20(31)14-12-19/h2-17,27-28,33H,1H3. The molecular weight excluding hydrogens is 519 g/mol. The van der Waals surface area contributed by atoms with Crippen molar-refractivity contribution in [1.29, 1.82) is 0 Å². The number of hydrazone groups is 1. The Hall–Kier alpha value is -4.13. The van der Waals surface area contributed by atoms with Gasteiger partial charge in [-0.2, -0.15) is 5.10 Å². The van der Waals surface area contributed by atoms with E-state index in [9.17, 15) is 4.79 Å². The summed E-state index contributed by atoms with van der Waals surface area (Å²) in [6.45, 7) is 1.87. The lowest BCUT2D eigenvalue weighted by atomic mass is 9.89. The number of fused-ring (bicyclic) bond motifs is 1. The second kappa shape index (κ2) is 9.97. The molecule has 1 amide bonds. The molecule has 6 rings (SSSR count). The fourth-order valence-electron chi connectivity index (χ4n) is 4.70. The highest BCUT2D eigenvalue weighted by Gasteiger charge is 2.41. The van der Waals surface area contributed by atoms with Gasteiger partial charge in [-0.25, -0.2) is 9.99 Å². The van der Waals surface area contributed by atoms with E-state index in [0.29, 0.717) is 32.7 Å². The van der Waals surface area contributed by atoms with E-state index in [1.807, 2.05) is 91.9 Å². The van der Waals surface area contributed by atoms with Crippen molar-refractivity contribution < 1.29 is 9.21 Å². The number of hydrogen-bond acceptors (Lipinski definition) is 5. The van der Waals surface area contributed by atoms with Crippen LogP contribution in [-0.2, 0) is 4.79 Å². The summed E-state index contributed by atoms with van der Waals surface area (Å²) in [6, 6.07) is 29.5. The lowest BCUT2D eigenvalue weighted by Crippen LogP contribution is -2.34. The van der Waals surface area contributed by atoms with Crippen molar-refractivity contribution in [3.8, 4) is 11.5 Å². The molecule has 2 atom stereocenters. The number of anilines is 2. The van der Waals surface area contributed by atoms with Crippen molar-refractivity contribution in [2.45, 2.75) is 13.0 Å². The van der Waals surface area contributed by atoms with Crippen LogP contribution in [0.4, 0.5) is 11.4 Å². The summed E-state index contributed by atoms with van der Waals surface area (Å²) < 4.78 is 5.97. The zero-order chi connectivity index (χ0) is 26.2. The topological polar surface area (TPSA) is 70.7 Å². The molecule has 8 heteroatoms. The Morgan fingerprint density at radius 2 is 1.66 bits per heavy atom. The normalized spacial score (nSPS) is 16.1. The monoisotopic (exact) mass is 540 g/mol. The highest BCUT2D eigenvalue weighted by atomic mass is 35.5. The molecule has 1 aliphatic rings. The molecule has 0 aliphatic carbocycles. The number of carbonyl (C=O) groups excluding carboxylic acids is 1. The fraction of sp³-hybridized carbons (Fsp3) is 0.100. The number of para-hydroxylation sites is 1. The number of oxazole rings is 1. The van der Waals surface area contributed by atoms with Crippen molar-refractivity contribution >= 4 is 57.3 Å². The van der Waals surface area contributed by atoms with Gasteiger partial charge in [0.05, 0.1) is 17.4 Å². The van der Waals surface area contributed by atoms with E-state index in [1.165, 1.54) is 5.01 Å². The third kappa shape index (κ3) is 4.53. The predicted octanol–water partition coefficient (Wildman–Crippen LogP) is 7.99. The van der Waals surface area contributed by atoms with Gasteiger partial charge in [-0.1, -0.05) is 59.6 Å². The molecule has 0 fully saturated rings. The summed E-state index contributed by atoms with van der Waals surface area (Å²) >= 11 is 12.7. The van der Waals surface area contributed by atoms with Crippen LogP contribution in [0.25, 0.3) is 22.6 Å². The molecule has 2 heterocycles. The lowest BCUT2D eigenvalue weighted by Gasteiger charge is -2.26. The van der Waals surface area contributed by atoms with E-state index in [2.05, 4.69) is 15.4 Å². The average Bonchev–Trinajstić information content (AvgIpc) is 3.48. The molecule has 0 spiro atoms. The van der Waals surface area contributed by atoms with Gasteiger partial charge in [-0.05, 0) is 73.2 Å². The van der Waals surface area contributed by atoms with Crippen molar-refractivity contribution in [2.24, 2.45) is 11.0 Å². The second-order valence-electron chi connectivity index (χ2n) is 9.06. The average molecular weight is 541 g/mol. The summed E-state index contributed by atoms with van der Waals surface area (Å²) in [4.78, 5) is 18.4. The van der Waals surface area contributed by atoms with Gasteiger partial charge in [0.25, 0.3) is 5.91 Å². The van der Waals surface area contributed by atoms with Crippen LogP contribution in [0, 0.1) is 5.92 Å². The number of nitrogens with one attached hydrogen (secondary N) is 1. The minimum absolute atomic E-state index is 0.126. The zero-order valence-corrected chi connectivity index (χ0v) is 21.8. The van der Waals surface area contributed by atoms with Crippen LogP contribution in [0.2, 0.25) is 10.0 Å². The molecule has 188 valence electrons. The number of amides is 1. The van der Waals surface area contributed by atoms with Gasteiger partial charge in [0.15, 0.2) is 5.58 Å². The Morgan fingerprint density at radius 1 is 0.921 bits per heavy atom. The van der Waals surface area contributed by atoms with E-state index < -0.39 is 12.0 Å². The highest BCUT2D eigenvalue weighted by Crippen LogP contribution is 2.38. The van der Waals surface area contributed by atoms with Crippen LogP contribution in [0.1, 0.15) is 18.5 Å². The van der Waals surface area contributed by atoms with Crippen LogP contribution in [0.15, 0.2) is 107 Å². The largest absolute Gasteiger partial charge is 0.436 e. The van der Waals surface area contributed by atoms with Gasteiger partial charge in [-0.15, -0.1) is 0 Å². The molecule has 1 aromatic heterocycles. The highest BCUT2D eigenvalue weighted by molar-refractivity contribution is 6.31. The quantitative estimate of drug-likeness (QED) is 0.237. The Morgan fingerprint density at radius 3 is 2.42 bits per heavy atom. The van der Waals surface area contributed by atoms with Crippen molar-refractivity contribution in [3.05, 3.63) is 113 Å². The van der Waals surface area contributed by atoms with E-state index in [4.69, 9.17) is 27.6 Å². The van der Waals surface area contributed by atoms with Crippen LogP contribution in [-0.4, -0.2) is 16.6 Å². The van der Waals surface area contributed by atoms with Gasteiger partial charge in [0, 0.05) is 21.3 Å². The number of halogens is 2. The molecule has 1 aliphatic heterocycles. The number of hydrogen-bond donors (Lipinski definition) is 1. The van der Waals surface area contributed by atoms with Crippen molar-refractivity contribution in [3.63, 3.8) is 0 Å². The molecule has 0 saturated carbocycles. The fourth-order valence-corrected chi connectivity index (χ4v) is 5.08. The first kappa shape index (κ1) is 24.2. The SMILES string of the molecule is CC1=NN(c2ccccc2)C(=O)C1C(Nc1ccc2oc(-c3ccc(Cl)cc3)nc2c1)c1ccccc1Cl. The maximum atomic E-state index is 13.7. The third-order valence-electron chi connectivity index (χ3n) is 6.56. The Balaban J connectivity index is 1.36. The maximum Gasteiger partial charge on any atom is 0.258 e. The van der Waals surface area contributed by atoms with Gasteiger partial charge >= 0.3 is 0 Å². The first-order valence-electron chi connectivity index (χ1n) is 12.1. The minimum atomic E-state index is -0.562. The number of carbonyl (C=O) groups is 1. The number of benzene rings is 4. The second-order valence-corrected chi connectivity index (χ2v) is 9.90. The molecule has 4 aromatic carbocycles. The summed E-state index contributed by atoms with van der Waals surface area (Å²) in [7, 11) is 0. The van der Waals surface area contributed by atoms with Gasteiger partial charge < -0.3 is 9.73 Å². The first-order chi connectivity index (χ1) is 18.5.